The third kappa shape index (κ3) is 49.3. The zero-order chi connectivity index (χ0) is 40.3. The Balaban J connectivity index is 4.00. The van der Waals surface area contributed by atoms with Crippen molar-refractivity contribution in [3.8, 4) is 0 Å². The molecule has 1 atom stereocenters. The monoisotopic (exact) mass is 797 g/mol. The molecular weight excluding hydrogens is 701 g/mol. The number of allylic oxidation sites excluding steroid dienone is 4. The van der Waals surface area contributed by atoms with E-state index in [1.165, 1.54) is 167 Å². The van der Waals surface area contributed by atoms with E-state index in [0.717, 1.165) is 32.7 Å². The first-order valence-corrected chi connectivity index (χ1v) is 24.2. The summed E-state index contributed by atoms with van der Waals surface area (Å²) in [5, 5.41) is 0. The standard InChI is InChI=1S/C49H96O7/c1-4-7-9-11-13-15-17-19-21-23-25-27-29-31-33-35-37-54-47-49(48-55-46-45-53-44-43-52-42-41-51-40-39-50-6-3)56-38-36-34-32-30-28-26-24-22-20-18-16-14-12-10-8-5-2/h19-22,49H,4-18,23-48H2,1-3H3/b21-19-,22-20-. The van der Waals surface area contributed by atoms with Crippen LogP contribution in [0.4, 0.5) is 0 Å². The second-order valence-electron chi connectivity index (χ2n) is 15.6. The predicted octanol–water partition coefficient (Wildman–Crippen LogP) is 13.6. The lowest BCUT2D eigenvalue weighted by Crippen LogP contribution is -2.27. The summed E-state index contributed by atoms with van der Waals surface area (Å²) >= 11 is 0. The lowest BCUT2D eigenvalue weighted by molar-refractivity contribution is -0.0702. The molecule has 334 valence electrons. The van der Waals surface area contributed by atoms with Gasteiger partial charge in [-0.05, 0) is 71.1 Å². The van der Waals surface area contributed by atoms with Crippen LogP contribution in [0.3, 0.4) is 0 Å². The molecule has 0 aliphatic carbocycles. The maximum absolute atomic E-state index is 6.26. The van der Waals surface area contributed by atoms with Gasteiger partial charge in [0.2, 0.25) is 0 Å². The van der Waals surface area contributed by atoms with Crippen LogP contribution in [0.15, 0.2) is 24.3 Å². The average Bonchev–Trinajstić information content (AvgIpc) is 3.21. The summed E-state index contributed by atoms with van der Waals surface area (Å²) in [7, 11) is 0. The SMILES string of the molecule is CCCCCCCC/C=C\CCCCCCCCOCC(COCCOCCOCCOCCOCC)OCCCCCCCC/C=C\CCCCCCCC. The lowest BCUT2D eigenvalue weighted by atomic mass is 10.1. The van der Waals surface area contributed by atoms with Gasteiger partial charge in [0.1, 0.15) is 6.10 Å². The Hall–Kier alpha value is -0.800. The van der Waals surface area contributed by atoms with Gasteiger partial charge in [0.15, 0.2) is 0 Å². The van der Waals surface area contributed by atoms with E-state index < -0.39 is 0 Å². The highest BCUT2D eigenvalue weighted by Crippen LogP contribution is 2.12. The Kier molecular flexibility index (Phi) is 51.5. The van der Waals surface area contributed by atoms with Gasteiger partial charge in [0.25, 0.3) is 0 Å². The van der Waals surface area contributed by atoms with Crippen LogP contribution in [0, 0.1) is 0 Å². The molecule has 0 bridgehead atoms. The molecule has 56 heavy (non-hydrogen) atoms. The van der Waals surface area contributed by atoms with Crippen molar-refractivity contribution >= 4 is 0 Å². The molecular formula is C49H96O7. The molecule has 0 saturated carbocycles. The summed E-state index contributed by atoms with van der Waals surface area (Å²) in [6.45, 7) is 14.6. The van der Waals surface area contributed by atoms with E-state index in [4.69, 9.17) is 33.2 Å². The number of unbranched alkanes of at least 4 members (excludes halogenated alkanes) is 24. The van der Waals surface area contributed by atoms with Gasteiger partial charge in [-0.3, -0.25) is 0 Å². The Morgan fingerprint density at radius 1 is 0.286 bits per heavy atom. The van der Waals surface area contributed by atoms with Gasteiger partial charge >= 0.3 is 0 Å². The minimum atomic E-state index is -0.0294. The maximum atomic E-state index is 6.26. The van der Waals surface area contributed by atoms with Crippen molar-refractivity contribution in [1.29, 1.82) is 0 Å². The summed E-state index contributed by atoms with van der Waals surface area (Å²) in [6, 6.07) is 0. The summed E-state index contributed by atoms with van der Waals surface area (Å²) in [6.07, 6.45) is 46.5. The molecule has 0 aromatic rings. The summed E-state index contributed by atoms with van der Waals surface area (Å²) in [5.41, 5.74) is 0. The van der Waals surface area contributed by atoms with Crippen molar-refractivity contribution in [2.45, 2.75) is 207 Å². The third-order valence-electron chi connectivity index (χ3n) is 10.1. The van der Waals surface area contributed by atoms with Crippen molar-refractivity contribution in [3.05, 3.63) is 24.3 Å². The molecule has 0 heterocycles. The predicted molar refractivity (Wildman–Crippen MR) is 239 cm³/mol. The van der Waals surface area contributed by atoms with Gasteiger partial charge in [-0.25, -0.2) is 0 Å². The first-order chi connectivity index (χ1) is 27.8. The molecule has 7 heteroatoms. The van der Waals surface area contributed by atoms with Gasteiger partial charge in [0.05, 0.1) is 66.1 Å². The molecule has 0 spiro atoms. The molecule has 1 unspecified atom stereocenters. The second-order valence-corrected chi connectivity index (χ2v) is 15.6. The van der Waals surface area contributed by atoms with Crippen molar-refractivity contribution in [2.24, 2.45) is 0 Å². The second kappa shape index (κ2) is 52.2. The van der Waals surface area contributed by atoms with Crippen LogP contribution in [0.5, 0.6) is 0 Å². The average molecular weight is 797 g/mol. The van der Waals surface area contributed by atoms with Gasteiger partial charge in [-0.2, -0.15) is 0 Å². The summed E-state index contributed by atoms with van der Waals surface area (Å²) in [5.74, 6) is 0. The van der Waals surface area contributed by atoms with E-state index in [2.05, 4.69) is 38.2 Å². The minimum Gasteiger partial charge on any atom is -0.379 e. The molecule has 0 radical (unpaired) electrons. The van der Waals surface area contributed by atoms with Crippen LogP contribution in [-0.2, 0) is 33.2 Å². The fourth-order valence-corrected chi connectivity index (χ4v) is 6.55. The van der Waals surface area contributed by atoms with Crippen molar-refractivity contribution < 1.29 is 33.2 Å². The van der Waals surface area contributed by atoms with Crippen LogP contribution in [0.25, 0.3) is 0 Å². The summed E-state index contributed by atoms with van der Waals surface area (Å²) in [4.78, 5) is 0. The van der Waals surface area contributed by atoms with E-state index in [-0.39, 0.29) is 6.10 Å². The molecule has 0 saturated heterocycles. The minimum absolute atomic E-state index is 0.0294. The van der Waals surface area contributed by atoms with E-state index in [1.807, 2.05) is 6.92 Å². The van der Waals surface area contributed by atoms with Crippen LogP contribution in [-0.4, -0.2) is 92.0 Å². The lowest BCUT2D eigenvalue weighted by Gasteiger charge is -2.18. The van der Waals surface area contributed by atoms with Crippen molar-refractivity contribution in [2.75, 3.05) is 85.9 Å². The highest BCUT2D eigenvalue weighted by atomic mass is 16.6. The molecule has 0 N–H and O–H groups in total. The Bertz CT molecular complexity index is 746. The Labute approximate surface area is 349 Å². The number of ether oxygens (including phenoxy) is 7. The number of rotatable bonds is 50. The van der Waals surface area contributed by atoms with Gasteiger partial charge in [-0.15, -0.1) is 0 Å². The first kappa shape index (κ1) is 55.2. The number of hydrogen-bond donors (Lipinski definition) is 0. The van der Waals surface area contributed by atoms with Gasteiger partial charge in [0, 0.05) is 19.8 Å². The molecule has 0 aliphatic rings. The largest absolute Gasteiger partial charge is 0.379 e. The van der Waals surface area contributed by atoms with Crippen LogP contribution in [0.2, 0.25) is 0 Å². The molecule has 0 rings (SSSR count). The molecule has 7 nitrogen and oxygen atoms in total. The quantitative estimate of drug-likeness (QED) is 0.0449. The molecule has 0 amide bonds. The van der Waals surface area contributed by atoms with Crippen LogP contribution >= 0.6 is 0 Å². The Morgan fingerprint density at radius 3 is 0.982 bits per heavy atom. The topological polar surface area (TPSA) is 64.6 Å². The number of hydrogen-bond acceptors (Lipinski definition) is 7. The fraction of sp³-hybridized carbons (Fsp3) is 0.918. The maximum Gasteiger partial charge on any atom is 0.104 e. The zero-order valence-corrected chi connectivity index (χ0v) is 37.7. The highest BCUT2D eigenvalue weighted by Gasteiger charge is 2.10. The molecule has 0 aromatic heterocycles. The first-order valence-electron chi connectivity index (χ1n) is 24.2. The highest BCUT2D eigenvalue weighted by molar-refractivity contribution is 4.82. The zero-order valence-electron chi connectivity index (χ0n) is 37.7. The molecule has 0 aliphatic heterocycles. The summed E-state index contributed by atoms with van der Waals surface area (Å²) < 4.78 is 40.3. The molecule has 0 aromatic carbocycles. The Morgan fingerprint density at radius 2 is 0.589 bits per heavy atom. The molecule has 0 fully saturated rings. The van der Waals surface area contributed by atoms with E-state index in [1.54, 1.807) is 0 Å². The van der Waals surface area contributed by atoms with E-state index in [0.29, 0.717) is 66.1 Å². The fourth-order valence-electron chi connectivity index (χ4n) is 6.55. The van der Waals surface area contributed by atoms with E-state index >= 15 is 0 Å². The van der Waals surface area contributed by atoms with Crippen LogP contribution < -0.4 is 0 Å². The van der Waals surface area contributed by atoms with Crippen LogP contribution in [0.1, 0.15) is 201 Å². The van der Waals surface area contributed by atoms with E-state index in [9.17, 15) is 0 Å². The normalized spacial score (nSPS) is 12.6. The van der Waals surface area contributed by atoms with Crippen molar-refractivity contribution in [3.63, 3.8) is 0 Å². The smallest absolute Gasteiger partial charge is 0.104 e. The third-order valence-corrected chi connectivity index (χ3v) is 10.1. The van der Waals surface area contributed by atoms with Gasteiger partial charge < -0.3 is 33.2 Å². The van der Waals surface area contributed by atoms with Gasteiger partial charge in [-0.1, -0.05) is 154 Å². The van der Waals surface area contributed by atoms with Crippen molar-refractivity contribution in [1.82, 2.24) is 0 Å².